The number of nitrogens with one attached hydrogen (secondary N) is 1. The van der Waals surface area contributed by atoms with Crippen LogP contribution in [0.15, 0.2) is 12.3 Å². The van der Waals surface area contributed by atoms with E-state index < -0.39 is 16.8 Å². The van der Waals surface area contributed by atoms with E-state index >= 15 is 0 Å². The fourth-order valence-electron chi connectivity index (χ4n) is 3.78. The molecule has 2 aliphatic heterocycles. The Morgan fingerprint density at radius 1 is 1.41 bits per heavy atom. The van der Waals surface area contributed by atoms with Crippen molar-refractivity contribution < 1.29 is 8.60 Å². The molecule has 1 aromatic heterocycles. The first-order chi connectivity index (χ1) is 10.6. The van der Waals surface area contributed by atoms with E-state index in [0.29, 0.717) is 24.3 Å². The minimum Gasteiger partial charge on any atom is -0.364 e. The van der Waals surface area contributed by atoms with E-state index in [1.807, 2.05) is 4.90 Å². The second-order valence-corrected chi connectivity index (χ2v) is 7.61. The molecule has 8 heteroatoms. The molecule has 3 heterocycles. The third-order valence-electron chi connectivity index (χ3n) is 4.63. The molecular formula is C14H16ClFN4OS. The van der Waals surface area contributed by atoms with Crippen molar-refractivity contribution in [3.8, 4) is 0 Å². The lowest BCUT2D eigenvalue weighted by Gasteiger charge is -2.40. The molecule has 3 atom stereocenters. The lowest BCUT2D eigenvalue weighted by molar-refractivity contribution is 0.302. The average Bonchev–Trinajstić information content (AvgIpc) is 3.02. The van der Waals surface area contributed by atoms with Crippen molar-refractivity contribution in [1.29, 1.82) is 0 Å². The molecule has 2 fully saturated rings. The molecule has 5 nitrogen and oxygen atoms in total. The van der Waals surface area contributed by atoms with Crippen molar-refractivity contribution in [3.63, 3.8) is 0 Å². The molecule has 4 rings (SSSR count). The Balaban J connectivity index is 1.77. The van der Waals surface area contributed by atoms with Crippen molar-refractivity contribution in [2.24, 2.45) is 0 Å². The molecule has 2 saturated heterocycles. The maximum absolute atomic E-state index is 14.6. The number of nitrogens with zero attached hydrogens (tertiary/aromatic N) is 3. The second-order valence-electron chi connectivity index (χ2n) is 5.93. The number of aromatic amines is 1. The monoisotopic (exact) mass is 342 g/mol. The summed E-state index contributed by atoms with van der Waals surface area (Å²) >= 11 is 6.03. The number of rotatable bonds is 2. The van der Waals surface area contributed by atoms with Crippen LogP contribution in [0.1, 0.15) is 12.8 Å². The summed E-state index contributed by atoms with van der Waals surface area (Å²) in [5.41, 5.74) is 1.16. The molecule has 1 N–H and O–H groups in total. The minimum atomic E-state index is -0.983. The SMILES string of the molecule is CS(=O)N1C2CCC1CN(c1c(F)c(Cl)cc3cn[nH]c13)C2. The summed E-state index contributed by atoms with van der Waals surface area (Å²) in [5, 5.41) is 7.78. The smallest absolute Gasteiger partial charge is 0.167 e. The maximum Gasteiger partial charge on any atom is 0.167 e. The fourth-order valence-corrected chi connectivity index (χ4v) is 5.17. The number of benzene rings is 1. The molecule has 0 aliphatic carbocycles. The van der Waals surface area contributed by atoms with Crippen LogP contribution in [0.3, 0.4) is 0 Å². The van der Waals surface area contributed by atoms with Crippen molar-refractivity contribution in [2.75, 3.05) is 24.2 Å². The van der Waals surface area contributed by atoms with Crippen molar-refractivity contribution in [1.82, 2.24) is 14.5 Å². The zero-order chi connectivity index (χ0) is 15.4. The number of hydrogen-bond acceptors (Lipinski definition) is 3. The molecule has 22 heavy (non-hydrogen) atoms. The zero-order valence-corrected chi connectivity index (χ0v) is 13.6. The number of halogens is 2. The van der Waals surface area contributed by atoms with Gasteiger partial charge in [0, 0.05) is 36.8 Å². The standard InChI is InChI=1S/C14H16ClFN4OS/c1-22(21)20-9-2-3-10(20)7-19(6-9)14-12(16)11(15)4-8-5-17-18-13(8)14/h4-5,9-10H,2-3,6-7H2,1H3,(H,17,18). The Labute approximate surface area is 135 Å². The number of hydrogen-bond donors (Lipinski definition) is 1. The van der Waals surface area contributed by atoms with Crippen molar-refractivity contribution >= 4 is 39.2 Å². The van der Waals surface area contributed by atoms with E-state index in [4.69, 9.17) is 11.6 Å². The molecule has 0 spiro atoms. The highest BCUT2D eigenvalue weighted by Crippen LogP contribution is 2.38. The van der Waals surface area contributed by atoms with E-state index in [-0.39, 0.29) is 17.1 Å². The molecule has 0 amide bonds. The normalized spacial score (nSPS) is 26.8. The average molecular weight is 343 g/mol. The van der Waals surface area contributed by atoms with Gasteiger partial charge in [-0.05, 0) is 18.9 Å². The highest BCUT2D eigenvalue weighted by atomic mass is 35.5. The van der Waals surface area contributed by atoms with Gasteiger partial charge in [0.15, 0.2) is 5.82 Å². The van der Waals surface area contributed by atoms with Crippen LogP contribution in [0.5, 0.6) is 0 Å². The van der Waals surface area contributed by atoms with Gasteiger partial charge in [-0.15, -0.1) is 0 Å². The van der Waals surface area contributed by atoms with Gasteiger partial charge >= 0.3 is 0 Å². The third-order valence-corrected chi connectivity index (χ3v) is 6.10. The number of piperazine rings is 1. The molecule has 1 aromatic carbocycles. The molecule has 2 aromatic rings. The number of fused-ring (bicyclic) bond motifs is 3. The van der Waals surface area contributed by atoms with Gasteiger partial charge in [0.1, 0.15) is 5.69 Å². The lowest BCUT2D eigenvalue weighted by atomic mass is 10.1. The van der Waals surface area contributed by atoms with Crippen LogP contribution < -0.4 is 4.90 Å². The lowest BCUT2D eigenvalue weighted by Crippen LogP contribution is -2.54. The van der Waals surface area contributed by atoms with Gasteiger partial charge in [0.05, 0.1) is 27.7 Å². The zero-order valence-electron chi connectivity index (χ0n) is 12.1. The van der Waals surface area contributed by atoms with Gasteiger partial charge in [-0.1, -0.05) is 11.6 Å². The van der Waals surface area contributed by atoms with E-state index in [2.05, 4.69) is 14.5 Å². The van der Waals surface area contributed by atoms with E-state index in [1.165, 1.54) is 0 Å². The van der Waals surface area contributed by atoms with Gasteiger partial charge in [-0.25, -0.2) is 12.9 Å². The Morgan fingerprint density at radius 3 is 2.73 bits per heavy atom. The van der Waals surface area contributed by atoms with Crippen LogP contribution in [0, 0.1) is 5.82 Å². The summed E-state index contributed by atoms with van der Waals surface area (Å²) in [6.07, 6.45) is 5.36. The summed E-state index contributed by atoms with van der Waals surface area (Å²) in [6, 6.07) is 1.98. The molecular weight excluding hydrogens is 327 g/mol. The number of aromatic nitrogens is 2. The molecule has 2 bridgehead atoms. The summed E-state index contributed by atoms with van der Waals surface area (Å²) in [7, 11) is -0.983. The topological polar surface area (TPSA) is 52.2 Å². The van der Waals surface area contributed by atoms with Crippen LogP contribution >= 0.6 is 11.6 Å². The van der Waals surface area contributed by atoms with Crippen LogP contribution in [-0.2, 0) is 11.0 Å². The Bertz CT molecular complexity index is 753. The first kappa shape index (κ1) is 14.4. The van der Waals surface area contributed by atoms with Crippen molar-refractivity contribution in [2.45, 2.75) is 24.9 Å². The van der Waals surface area contributed by atoms with E-state index in [1.54, 1.807) is 18.5 Å². The number of H-pyrrole nitrogens is 1. The summed E-state index contributed by atoms with van der Waals surface area (Å²) in [4.78, 5) is 2.02. The van der Waals surface area contributed by atoms with Gasteiger partial charge in [0.25, 0.3) is 0 Å². The maximum atomic E-state index is 14.6. The Kier molecular flexibility index (Phi) is 3.39. The predicted molar refractivity (Wildman–Crippen MR) is 86.0 cm³/mol. The van der Waals surface area contributed by atoms with Crippen LogP contribution in [0.25, 0.3) is 10.9 Å². The van der Waals surface area contributed by atoms with Gasteiger partial charge in [-0.3, -0.25) is 5.10 Å². The van der Waals surface area contributed by atoms with E-state index in [9.17, 15) is 8.60 Å². The van der Waals surface area contributed by atoms with Crippen LogP contribution in [0.2, 0.25) is 5.02 Å². The van der Waals surface area contributed by atoms with Gasteiger partial charge < -0.3 is 4.90 Å². The molecule has 0 saturated carbocycles. The van der Waals surface area contributed by atoms with Crippen molar-refractivity contribution in [3.05, 3.63) is 23.1 Å². The summed E-state index contributed by atoms with van der Waals surface area (Å²) in [6.45, 7) is 1.31. The van der Waals surface area contributed by atoms with Gasteiger partial charge in [0.2, 0.25) is 0 Å². The third kappa shape index (κ3) is 2.06. The summed E-state index contributed by atoms with van der Waals surface area (Å²) < 4.78 is 28.6. The second kappa shape index (κ2) is 5.18. The highest BCUT2D eigenvalue weighted by molar-refractivity contribution is 7.81. The molecule has 0 radical (unpaired) electrons. The predicted octanol–water partition coefficient (Wildman–Crippen LogP) is 2.30. The molecule has 118 valence electrons. The first-order valence-corrected chi connectivity index (χ1v) is 9.13. The highest BCUT2D eigenvalue weighted by Gasteiger charge is 2.43. The Hall–Kier alpha value is -1.18. The molecule has 2 aliphatic rings. The minimum absolute atomic E-state index is 0.109. The largest absolute Gasteiger partial charge is 0.364 e. The quantitative estimate of drug-likeness (QED) is 0.911. The molecule has 3 unspecified atom stereocenters. The van der Waals surface area contributed by atoms with Gasteiger partial charge in [-0.2, -0.15) is 5.10 Å². The number of anilines is 1. The first-order valence-electron chi connectivity index (χ1n) is 7.24. The van der Waals surface area contributed by atoms with Crippen LogP contribution in [0.4, 0.5) is 10.1 Å². The Morgan fingerprint density at radius 2 is 2.09 bits per heavy atom. The fraction of sp³-hybridized carbons (Fsp3) is 0.500. The summed E-state index contributed by atoms with van der Waals surface area (Å²) in [5.74, 6) is -0.413. The van der Waals surface area contributed by atoms with Crippen LogP contribution in [-0.4, -0.2) is 50.1 Å². The van der Waals surface area contributed by atoms with E-state index in [0.717, 1.165) is 18.2 Å².